The van der Waals surface area contributed by atoms with E-state index in [4.69, 9.17) is 49.5 Å². The summed E-state index contributed by atoms with van der Waals surface area (Å²) in [5.74, 6) is 0.284. The van der Waals surface area contributed by atoms with E-state index in [2.05, 4.69) is 24.9 Å². The third-order valence-electron chi connectivity index (χ3n) is 6.99. The van der Waals surface area contributed by atoms with Crippen molar-refractivity contribution in [3.8, 4) is 0 Å². The molecule has 7 N–H and O–H groups in total. The molecular weight excluding hydrogens is 569 g/mol. The molecule has 1 unspecified atom stereocenters. The predicted molar refractivity (Wildman–Crippen MR) is 148 cm³/mol. The summed E-state index contributed by atoms with van der Waals surface area (Å²) in [5, 5.41) is 21.3. The molecule has 0 saturated carbocycles. The van der Waals surface area contributed by atoms with Crippen LogP contribution in [-0.2, 0) is 25.8 Å². The molecule has 0 spiro atoms. The molecule has 39 heavy (non-hydrogen) atoms. The van der Waals surface area contributed by atoms with Gasteiger partial charge in [0.15, 0.2) is 11.2 Å². The first kappa shape index (κ1) is 26.6. The van der Waals surface area contributed by atoms with Gasteiger partial charge < -0.3 is 40.2 Å². The number of nitrogens with zero attached hydrogens (tertiary/aromatic N) is 6. The van der Waals surface area contributed by atoms with Crippen LogP contribution in [0.1, 0.15) is 25.3 Å². The Balaban J connectivity index is 1.20. The maximum absolute atomic E-state index is 12.3. The Kier molecular flexibility index (Phi) is 6.87. The van der Waals surface area contributed by atoms with Gasteiger partial charge in [-0.15, -0.1) is 12.2 Å². The zero-order chi connectivity index (χ0) is 27.5. The molecule has 7 atom stereocenters. The average molecular weight is 596 g/mol. The van der Waals surface area contributed by atoms with Crippen molar-refractivity contribution in [2.75, 3.05) is 24.7 Å². The fraction of sp³-hybridized carbons (Fsp3) is 0.476. The fourth-order valence-electron chi connectivity index (χ4n) is 5.06. The second kappa shape index (κ2) is 10.1. The van der Waals surface area contributed by atoms with Crippen molar-refractivity contribution in [1.82, 2.24) is 34.1 Å². The van der Waals surface area contributed by atoms with Crippen LogP contribution in [0.25, 0.3) is 22.2 Å². The first-order valence-corrected chi connectivity index (χ1v) is 16.0. The van der Waals surface area contributed by atoms with Crippen LogP contribution in [0, 0.1) is 0 Å². The van der Waals surface area contributed by atoms with Crippen molar-refractivity contribution in [2.45, 2.75) is 49.3 Å². The highest BCUT2D eigenvalue weighted by Crippen LogP contribution is 2.64. The monoisotopic (exact) mass is 595 g/mol. The topological polar surface area (TPSA) is 214 Å². The lowest BCUT2D eigenvalue weighted by Crippen LogP contribution is -2.27. The zero-order valence-electron chi connectivity index (χ0n) is 20.3. The van der Waals surface area contributed by atoms with Crippen LogP contribution in [0.15, 0.2) is 29.7 Å². The van der Waals surface area contributed by atoms with Crippen molar-refractivity contribution in [1.29, 1.82) is 0 Å². The van der Waals surface area contributed by atoms with Crippen LogP contribution in [0.2, 0.25) is 0 Å². The summed E-state index contributed by atoms with van der Waals surface area (Å²) in [6.07, 6.45) is 1.94. The van der Waals surface area contributed by atoms with E-state index in [1.54, 1.807) is 21.4 Å². The number of nitrogens with two attached hydrogens (primary N) is 2. The standard InChI is InChI=1S/C21H26N9O6PS2/c22-16-10-1-2-29(17(10)25-7-24-16)14-4-11(32)12(36-14)6-34-37(38,39)13-3-9(5-31)35-20(13)30-8-26-15-18(30)27-21(23)28-19(15)33/h1-2,7-9,11-14,20,31-32H,3-6H2,(H,38,39)(H2,22,24,25)(H3,23,27,28,33)/t9-,11-,12+,13+,14+,20+/m0/s1. The number of aromatic nitrogens is 7. The minimum Gasteiger partial charge on any atom is -0.394 e. The quantitative estimate of drug-likeness (QED) is 0.125. The van der Waals surface area contributed by atoms with E-state index < -0.39 is 47.5 Å². The van der Waals surface area contributed by atoms with E-state index in [1.807, 2.05) is 0 Å². The number of nitrogen functional groups attached to an aromatic ring is 2. The smallest absolute Gasteiger partial charge is 0.280 e. The second-order valence-electron chi connectivity index (χ2n) is 9.42. The third-order valence-corrected chi connectivity index (χ3v) is 11.2. The molecule has 15 nitrogen and oxygen atoms in total. The number of H-pyrrole nitrogens is 1. The van der Waals surface area contributed by atoms with E-state index in [0.29, 0.717) is 29.7 Å². The molecule has 6 rings (SSSR count). The van der Waals surface area contributed by atoms with Crippen LogP contribution in [0.3, 0.4) is 0 Å². The third kappa shape index (κ3) is 4.72. The number of ether oxygens (including phenoxy) is 2. The molecule has 2 saturated heterocycles. The maximum atomic E-state index is 12.3. The summed E-state index contributed by atoms with van der Waals surface area (Å²) < 4.78 is 21.7. The number of aliphatic hydroxyl groups is 2. The number of anilines is 2. The van der Waals surface area contributed by atoms with Gasteiger partial charge >= 0.3 is 0 Å². The summed E-state index contributed by atoms with van der Waals surface area (Å²) in [6, 6.07) is 1.80. The Morgan fingerprint density at radius 3 is 2.85 bits per heavy atom. The highest BCUT2D eigenvalue weighted by Gasteiger charge is 2.46. The number of fused-ring (bicyclic) bond motifs is 2. The molecule has 0 bridgehead atoms. The van der Waals surface area contributed by atoms with Crippen LogP contribution < -0.4 is 17.0 Å². The molecule has 208 valence electrons. The number of imidazole rings is 1. The Labute approximate surface area is 230 Å². The molecule has 18 heteroatoms. The summed E-state index contributed by atoms with van der Waals surface area (Å²) in [7, 11) is 0. The van der Waals surface area contributed by atoms with Crippen LogP contribution in [0.5, 0.6) is 0 Å². The van der Waals surface area contributed by atoms with E-state index in [-0.39, 0.29) is 30.3 Å². The van der Waals surface area contributed by atoms with Gasteiger partial charge in [0, 0.05) is 12.6 Å². The number of hydrogen-bond donors (Lipinski definition) is 6. The molecule has 0 radical (unpaired) electrons. The van der Waals surface area contributed by atoms with Gasteiger partial charge in [-0.3, -0.25) is 14.3 Å². The molecule has 0 amide bonds. The lowest BCUT2D eigenvalue weighted by Gasteiger charge is -2.29. The normalized spacial score (nSPS) is 28.9. The lowest BCUT2D eigenvalue weighted by molar-refractivity contribution is -0.0370. The SMILES string of the molecule is Nc1nc2c(ncn2[C@@H]2O[C@H](CO)C[C@H]2P(=S)(S)OC[C@H]2O[C@@H](n3ccc4c(N)ncnc43)C[C@@H]2O)c(=O)[nH]1. The van der Waals surface area contributed by atoms with Crippen molar-refractivity contribution in [2.24, 2.45) is 0 Å². The van der Waals surface area contributed by atoms with Gasteiger partial charge in [0.2, 0.25) is 5.95 Å². The lowest BCUT2D eigenvalue weighted by atomic mass is 10.2. The van der Waals surface area contributed by atoms with Gasteiger partial charge in [0.25, 0.3) is 5.56 Å². The molecule has 4 aromatic rings. The number of aliphatic hydroxyl groups excluding tert-OH is 2. The van der Waals surface area contributed by atoms with E-state index in [1.165, 1.54) is 12.7 Å². The Morgan fingerprint density at radius 2 is 2.05 bits per heavy atom. The van der Waals surface area contributed by atoms with Gasteiger partial charge in [-0.05, 0) is 12.5 Å². The largest absolute Gasteiger partial charge is 0.394 e. The van der Waals surface area contributed by atoms with Gasteiger partial charge in [-0.1, -0.05) is 11.8 Å². The Bertz CT molecular complexity index is 1650. The highest BCUT2D eigenvalue weighted by atomic mass is 32.9. The van der Waals surface area contributed by atoms with Gasteiger partial charge in [0.1, 0.15) is 41.8 Å². The molecular formula is C21H26N9O6PS2. The number of hydrogen-bond acceptors (Lipinski definition) is 13. The minimum atomic E-state index is -2.93. The van der Waals surface area contributed by atoms with Crippen LogP contribution >= 0.6 is 17.7 Å². The molecule has 2 aliphatic heterocycles. The van der Waals surface area contributed by atoms with Crippen LogP contribution in [0.4, 0.5) is 11.8 Å². The van der Waals surface area contributed by atoms with Crippen molar-refractivity contribution in [3.05, 3.63) is 35.3 Å². The maximum Gasteiger partial charge on any atom is 0.280 e. The van der Waals surface area contributed by atoms with Gasteiger partial charge in [-0.2, -0.15) is 4.98 Å². The predicted octanol–water partition coefficient (Wildman–Crippen LogP) is 0.282. The van der Waals surface area contributed by atoms with E-state index in [9.17, 15) is 15.0 Å². The van der Waals surface area contributed by atoms with Gasteiger partial charge in [0.05, 0.1) is 42.8 Å². The summed E-state index contributed by atoms with van der Waals surface area (Å²) in [4.78, 5) is 31.3. The van der Waals surface area contributed by atoms with Gasteiger partial charge in [-0.25, -0.2) is 15.0 Å². The van der Waals surface area contributed by atoms with E-state index >= 15 is 0 Å². The molecule has 4 aromatic heterocycles. The van der Waals surface area contributed by atoms with E-state index in [0.717, 1.165) is 0 Å². The van der Waals surface area contributed by atoms with Crippen molar-refractivity contribution >= 4 is 63.5 Å². The first-order chi connectivity index (χ1) is 18.7. The molecule has 0 aliphatic carbocycles. The zero-order valence-corrected chi connectivity index (χ0v) is 22.9. The van der Waals surface area contributed by atoms with Crippen LogP contribution in [-0.4, -0.2) is 81.5 Å². The minimum absolute atomic E-state index is 0.0165. The second-order valence-corrected chi connectivity index (χ2v) is 15.7. The van der Waals surface area contributed by atoms with Crippen molar-refractivity contribution < 1.29 is 24.2 Å². The summed E-state index contributed by atoms with van der Waals surface area (Å²) in [5.41, 5.74) is 8.69. The highest BCUT2D eigenvalue weighted by molar-refractivity contribution is 8.62. The molecule has 2 fully saturated rings. The molecule has 0 aromatic carbocycles. The number of thiol groups is 1. The first-order valence-electron chi connectivity index (χ1n) is 12.0. The fourth-order valence-corrected chi connectivity index (χ4v) is 8.22. The average Bonchev–Trinajstić information content (AvgIpc) is 3.67. The molecule has 2 aliphatic rings. The molecule has 6 heterocycles. The number of rotatable bonds is 7. The Morgan fingerprint density at radius 1 is 1.23 bits per heavy atom. The van der Waals surface area contributed by atoms with Crippen molar-refractivity contribution in [3.63, 3.8) is 0 Å². The summed E-state index contributed by atoms with van der Waals surface area (Å²) in [6.45, 7) is -0.263. The number of nitrogens with one attached hydrogen (secondary N) is 1. The Hall–Kier alpha value is -2.63. The summed E-state index contributed by atoms with van der Waals surface area (Å²) >= 11 is 10.6. The number of aromatic amines is 1.